The molecule has 0 N–H and O–H groups in total. The molecule has 18 heavy (non-hydrogen) atoms. The number of hydrogen-bond donors (Lipinski definition) is 0. The number of benzene rings is 1. The van der Waals surface area contributed by atoms with Gasteiger partial charge in [-0.3, -0.25) is 4.79 Å². The fraction of sp³-hybridized carbons (Fsp3) is 0.417. The molecule has 1 aromatic rings. The zero-order valence-electron chi connectivity index (χ0n) is 10.0. The van der Waals surface area contributed by atoms with E-state index in [1.807, 2.05) is 0 Å². The van der Waals surface area contributed by atoms with Crippen molar-refractivity contribution in [3.8, 4) is 0 Å². The normalized spacial score (nSPS) is 11.4. The largest absolute Gasteiger partial charge is 0.390 e. The molecule has 0 radical (unpaired) electrons. The molecule has 0 aliphatic heterocycles. The minimum absolute atomic E-state index is 0.209. The number of halogens is 4. The second-order valence-electron chi connectivity index (χ2n) is 4.05. The molecule has 0 aliphatic carbocycles. The van der Waals surface area contributed by atoms with Crippen molar-refractivity contribution in [1.82, 2.24) is 4.90 Å². The summed E-state index contributed by atoms with van der Waals surface area (Å²) in [7, 11) is 1.29. The van der Waals surface area contributed by atoms with Crippen LogP contribution in [0.5, 0.6) is 0 Å². The fourth-order valence-electron chi connectivity index (χ4n) is 1.47. The maximum Gasteiger partial charge on any atom is 0.390 e. The molecule has 0 unspecified atom stereocenters. The van der Waals surface area contributed by atoms with Gasteiger partial charge in [-0.1, -0.05) is 0 Å². The third-order valence-electron chi connectivity index (χ3n) is 2.50. The number of nitrogens with zero attached hydrogens (tertiary/aromatic N) is 1. The van der Waals surface area contributed by atoms with Crippen molar-refractivity contribution in [1.29, 1.82) is 0 Å². The van der Waals surface area contributed by atoms with Crippen molar-refractivity contribution in [3.63, 3.8) is 0 Å². The first-order chi connectivity index (χ1) is 8.20. The van der Waals surface area contributed by atoms with E-state index in [4.69, 9.17) is 0 Å². The summed E-state index contributed by atoms with van der Waals surface area (Å²) in [5.74, 6) is -1.03. The zero-order chi connectivity index (χ0) is 13.9. The van der Waals surface area contributed by atoms with Gasteiger partial charge in [-0.15, -0.1) is 0 Å². The minimum atomic E-state index is -4.30. The molecular formula is C12H13F4NO. The van der Waals surface area contributed by atoms with Gasteiger partial charge in [0.15, 0.2) is 0 Å². The van der Waals surface area contributed by atoms with E-state index in [1.165, 1.54) is 26.1 Å². The predicted molar refractivity (Wildman–Crippen MR) is 58.8 cm³/mol. The second kappa shape index (κ2) is 5.37. The Morgan fingerprint density at radius 3 is 2.44 bits per heavy atom. The fourth-order valence-corrected chi connectivity index (χ4v) is 1.47. The topological polar surface area (TPSA) is 20.3 Å². The molecule has 0 spiro atoms. The summed E-state index contributed by atoms with van der Waals surface area (Å²) in [6.07, 6.45) is -5.36. The van der Waals surface area contributed by atoms with Crippen LogP contribution in [0, 0.1) is 12.7 Å². The van der Waals surface area contributed by atoms with E-state index < -0.39 is 30.9 Å². The number of amides is 1. The van der Waals surface area contributed by atoms with Gasteiger partial charge in [0.05, 0.1) is 6.42 Å². The lowest BCUT2D eigenvalue weighted by Gasteiger charge is -2.19. The van der Waals surface area contributed by atoms with Crippen LogP contribution in [0.15, 0.2) is 18.2 Å². The van der Waals surface area contributed by atoms with Gasteiger partial charge < -0.3 is 4.90 Å². The Balaban J connectivity index is 2.74. The lowest BCUT2D eigenvalue weighted by atomic mass is 10.1. The van der Waals surface area contributed by atoms with Crippen LogP contribution in [0.2, 0.25) is 0 Å². The van der Waals surface area contributed by atoms with Gasteiger partial charge in [0.1, 0.15) is 5.82 Å². The first-order valence-corrected chi connectivity index (χ1v) is 5.29. The molecule has 0 bridgehead atoms. The van der Waals surface area contributed by atoms with Crippen LogP contribution in [0.3, 0.4) is 0 Å². The Hall–Kier alpha value is -1.59. The van der Waals surface area contributed by atoms with Crippen LogP contribution in [0.4, 0.5) is 17.6 Å². The molecule has 1 aromatic carbocycles. The summed E-state index contributed by atoms with van der Waals surface area (Å²) in [5.41, 5.74) is 0.611. The summed E-state index contributed by atoms with van der Waals surface area (Å²) in [6.45, 7) is 1.12. The smallest absolute Gasteiger partial charge is 0.341 e. The van der Waals surface area contributed by atoms with Crippen molar-refractivity contribution < 1.29 is 22.4 Å². The van der Waals surface area contributed by atoms with Crippen molar-refractivity contribution >= 4 is 5.91 Å². The zero-order valence-corrected chi connectivity index (χ0v) is 10.0. The number of carbonyl (C=O) groups is 1. The van der Waals surface area contributed by atoms with E-state index in [2.05, 4.69) is 0 Å². The van der Waals surface area contributed by atoms with E-state index in [9.17, 15) is 22.4 Å². The average molecular weight is 263 g/mol. The molecule has 0 aromatic heterocycles. The number of alkyl halides is 3. The van der Waals surface area contributed by atoms with E-state index in [1.54, 1.807) is 0 Å². The summed E-state index contributed by atoms with van der Waals surface area (Å²) >= 11 is 0. The monoisotopic (exact) mass is 263 g/mol. The Bertz CT molecular complexity index is 442. The summed E-state index contributed by atoms with van der Waals surface area (Å²) in [5, 5.41) is 0. The van der Waals surface area contributed by atoms with Crippen LogP contribution in [-0.4, -0.2) is 30.6 Å². The SMILES string of the molecule is Cc1cc(F)ccc1C(=O)N(C)CCC(F)(F)F. The number of aryl methyl sites for hydroxylation is 1. The maximum atomic E-state index is 12.8. The number of hydrogen-bond acceptors (Lipinski definition) is 1. The molecule has 6 heteroatoms. The third kappa shape index (κ3) is 4.01. The molecule has 1 amide bonds. The standard InChI is InChI=1S/C12H13F4NO/c1-8-7-9(13)3-4-10(8)11(18)17(2)6-5-12(14,15)16/h3-4,7H,5-6H2,1-2H3. The maximum absolute atomic E-state index is 12.8. The molecule has 0 atom stereocenters. The molecule has 100 valence electrons. The van der Waals surface area contributed by atoms with E-state index in [-0.39, 0.29) is 5.56 Å². The highest BCUT2D eigenvalue weighted by Crippen LogP contribution is 2.20. The van der Waals surface area contributed by atoms with Crippen molar-refractivity contribution in [2.24, 2.45) is 0 Å². The highest BCUT2D eigenvalue weighted by Gasteiger charge is 2.28. The Labute approximate surface area is 102 Å². The van der Waals surface area contributed by atoms with Gasteiger partial charge in [0, 0.05) is 19.2 Å². The molecule has 0 saturated carbocycles. The highest BCUT2D eigenvalue weighted by atomic mass is 19.4. The van der Waals surface area contributed by atoms with Crippen molar-refractivity contribution in [2.45, 2.75) is 19.5 Å². The van der Waals surface area contributed by atoms with Gasteiger partial charge in [0.25, 0.3) is 5.91 Å². The van der Waals surface area contributed by atoms with Gasteiger partial charge in [-0.25, -0.2) is 4.39 Å². The Morgan fingerprint density at radius 1 is 1.33 bits per heavy atom. The van der Waals surface area contributed by atoms with Gasteiger partial charge >= 0.3 is 6.18 Å². The molecular weight excluding hydrogens is 250 g/mol. The van der Waals surface area contributed by atoms with Crippen LogP contribution in [-0.2, 0) is 0 Å². The predicted octanol–water partition coefficient (Wildman–Crippen LogP) is 3.16. The van der Waals surface area contributed by atoms with Crippen LogP contribution in [0.25, 0.3) is 0 Å². The van der Waals surface area contributed by atoms with Gasteiger partial charge in [-0.2, -0.15) is 13.2 Å². The van der Waals surface area contributed by atoms with Gasteiger partial charge in [-0.05, 0) is 30.7 Å². The molecule has 0 saturated heterocycles. The first-order valence-electron chi connectivity index (χ1n) is 5.29. The highest BCUT2D eigenvalue weighted by molar-refractivity contribution is 5.95. The van der Waals surface area contributed by atoms with E-state index in [0.717, 1.165) is 11.0 Å². The molecule has 0 aliphatic rings. The lowest BCUT2D eigenvalue weighted by molar-refractivity contribution is -0.136. The van der Waals surface area contributed by atoms with Crippen LogP contribution in [0.1, 0.15) is 22.3 Å². The van der Waals surface area contributed by atoms with Gasteiger partial charge in [0.2, 0.25) is 0 Å². The van der Waals surface area contributed by atoms with Crippen LogP contribution >= 0.6 is 0 Å². The average Bonchev–Trinajstić information content (AvgIpc) is 2.24. The Kier molecular flexibility index (Phi) is 4.32. The van der Waals surface area contributed by atoms with Crippen molar-refractivity contribution in [2.75, 3.05) is 13.6 Å². The van der Waals surface area contributed by atoms with Crippen molar-refractivity contribution in [3.05, 3.63) is 35.1 Å². The van der Waals surface area contributed by atoms with E-state index >= 15 is 0 Å². The summed E-state index contributed by atoms with van der Waals surface area (Å²) < 4.78 is 48.9. The molecule has 2 nitrogen and oxygen atoms in total. The number of rotatable bonds is 3. The quantitative estimate of drug-likeness (QED) is 0.767. The summed E-state index contributed by atoms with van der Waals surface area (Å²) in [4.78, 5) is 12.8. The minimum Gasteiger partial charge on any atom is -0.341 e. The molecule has 1 rings (SSSR count). The molecule has 0 fully saturated rings. The molecule has 0 heterocycles. The Morgan fingerprint density at radius 2 is 1.94 bits per heavy atom. The van der Waals surface area contributed by atoms with E-state index in [0.29, 0.717) is 5.56 Å². The van der Waals surface area contributed by atoms with Crippen LogP contribution < -0.4 is 0 Å². The lowest BCUT2D eigenvalue weighted by Crippen LogP contribution is -2.31. The second-order valence-corrected chi connectivity index (χ2v) is 4.05. The summed E-state index contributed by atoms with van der Waals surface area (Å²) in [6, 6.07) is 3.56. The third-order valence-corrected chi connectivity index (χ3v) is 2.50. The first kappa shape index (κ1) is 14.5. The number of carbonyl (C=O) groups excluding carboxylic acids is 1.